The highest BCUT2D eigenvalue weighted by Gasteiger charge is 2.37. The van der Waals surface area contributed by atoms with E-state index in [0.29, 0.717) is 34.0 Å². The normalized spacial score (nSPS) is 18.0. The summed E-state index contributed by atoms with van der Waals surface area (Å²) in [6.45, 7) is 3.83. The van der Waals surface area contributed by atoms with Crippen LogP contribution < -0.4 is 10.1 Å². The molecule has 1 unspecified atom stereocenters. The summed E-state index contributed by atoms with van der Waals surface area (Å²) in [4.78, 5) is 23.4. The van der Waals surface area contributed by atoms with Crippen molar-refractivity contribution in [3.8, 4) is 5.75 Å². The lowest BCUT2D eigenvalue weighted by molar-refractivity contribution is -0.105. The first kappa shape index (κ1) is 22.3. The number of carbonyl (C=O) groups excluding carboxylic acids is 1. The highest BCUT2D eigenvalue weighted by Crippen LogP contribution is 2.32. The minimum Gasteiger partial charge on any atom is -0.493 e. The van der Waals surface area contributed by atoms with E-state index in [1.165, 1.54) is 12.0 Å². The highest BCUT2D eigenvalue weighted by atomic mass is 35.5. The summed E-state index contributed by atoms with van der Waals surface area (Å²) in [5, 5.41) is 3.63. The lowest BCUT2D eigenvalue weighted by Gasteiger charge is -2.42. The van der Waals surface area contributed by atoms with Crippen molar-refractivity contribution in [3.05, 3.63) is 46.7 Å². The topological polar surface area (TPSA) is 89.7 Å². The summed E-state index contributed by atoms with van der Waals surface area (Å²) in [5.41, 5.74) is 1.33. The van der Waals surface area contributed by atoms with Gasteiger partial charge in [0, 0.05) is 23.3 Å². The van der Waals surface area contributed by atoms with Crippen LogP contribution in [-0.4, -0.2) is 59.4 Å². The third-order valence-electron chi connectivity index (χ3n) is 5.22. The molecule has 1 amide bonds. The third-order valence-corrected chi connectivity index (χ3v) is 5.45. The largest absolute Gasteiger partial charge is 0.493 e. The van der Waals surface area contributed by atoms with Gasteiger partial charge in [-0.05, 0) is 38.1 Å². The number of carbonyl (C=O) groups is 1. The number of halogens is 2. The van der Waals surface area contributed by atoms with Crippen molar-refractivity contribution in [3.63, 3.8) is 0 Å². The van der Waals surface area contributed by atoms with Crippen LogP contribution in [-0.2, 0) is 11.3 Å². The van der Waals surface area contributed by atoms with Crippen LogP contribution in [0.25, 0.3) is 11.1 Å². The summed E-state index contributed by atoms with van der Waals surface area (Å²) in [6, 6.07) is 6.23. The lowest BCUT2D eigenvalue weighted by atomic mass is 10.0. The van der Waals surface area contributed by atoms with Crippen molar-refractivity contribution >= 4 is 34.6 Å². The molecule has 8 nitrogen and oxygen atoms in total. The van der Waals surface area contributed by atoms with Gasteiger partial charge in [-0.25, -0.2) is 4.39 Å². The van der Waals surface area contributed by atoms with Gasteiger partial charge < -0.3 is 24.1 Å². The van der Waals surface area contributed by atoms with E-state index in [-0.39, 0.29) is 25.1 Å². The van der Waals surface area contributed by atoms with Gasteiger partial charge in [-0.2, -0.15) is 4.98 Å². The number of nitrogens with zero attached hydrogens (tertiary/aromatic N) is 3. The van der Waals surface area contributed by atoms with Crippen molar-refractivity contribution < 1.29 is 23.1 Å². The molecule has 1 N–H and O–H groups in total. The monoisotopic (exact) mass is 462 g/mol. The maximum absolute atomic E-state index is 13.6. The van der Waals surface area contributed by atoms with Crippen molar-refractivity contribution in [2.24, 2.45) is 0 Å². The molecule has 3 heterocycles. The van der Waals surface area contributed by atoms with Crippen molar-refractivity contribution in [2.45, 2.75) is 32.0 Å². The lowest BCUT2D eigenvalue weighted by Crippen LogP contribution is -2.57. The molecule has 0 radical (unpaired) electrons. The van der Waals surface area contributed by atoms with Gasteiger partial charge in [0.15, 0.2) is 11.3 Å². The number of amides is 1. The summed E-state index contributed by atoms with van der Waals surface area (Å²) in [7, 11) is 1.48. The number of oxazole rings is 1. The molecular weight excluding hydrogens is 439 g/mol. The van der Waals surface area contributed by atoms with E-state index in [1.54, 1.807) is 30.5 Å². The standard InChI is InChI=1S/C22H24ClFN4O4/c1-22(2)12-28(16(9-24)11-31-22)20(29)13-6-17-19(18(7-13)30-3)32-21(27-17)26-10-15-8-14(23)4-5-25-15/h4-8,16H,9-12H2,1-3H3,(H,26,27). The number of fused-ring (bicyclic) bond motifs is 1. The molecule has 0 bridgehead atoms. The van der Waals surface area contributed by atoms with Crippen LogP contribution in [0.3, 0.4) is 0 Å². The minimum atomic E-state index is -0.684. The molecule has 1 atom stereocenters. The summed E-state index contributed by atoms with van der Waals surface area (Å²) < 4.78 is 30.4. The van der Waals surface area contributed by atoms with Gasteiger partial charge in [0.05, 0.1) is 37.6 Å². The van der Waals surface area contributed by atoms with Crippen LogP contribution >= 0.6 is 11.6 Å². The molecule has 3 aromatic rings. The fourth-order valence-corrected chi connectivity index (χ4v) is 3.77. The number of ether oxygens (including phenoxy) is 2. The first-order valence-corrected chi connectivity index (χ1v) is 10.5. The Morgan fingerprint density at radius 1 is 1.41 bits per heavy atom. The number of hydrogen-bond acceptors (Lipinski definition) is 7. The molecule has 1 aromatic carbocycles. The zero-order valence-electron chi connectivity index (χ0n) is 18.0. The number of anilines is 1. The van der Waals surface area contributed by atoms with E-state index in [2.05, 4.69) is 15.3 Å². The molecule has 1 saturated heterocycles. The number of pyridine rings is 1. The zero-order chi connectivity index (χ0) is 22.9. The number of aromatic nitrogens is 2. The van der Waals surface area contributed by atoms with E-state index in [0.717, 1.165) is 5.69 Å². The quantitative estimate of drug-likeness (QED) is 0.590. The van der Waals surface area contributed by atoms with Crippen LogP contribution in [0.2, 0.25) is 5.02 Å². The Hall–Kier alpha value is -2.91. The van der Waals surface area contributed by atoms with Crippen LogP contribution in [0.5, 0.6) is 5.75 Å². The molecule has 1 aliphatic heterocycles. The Kier molecular flexibility index (Phi) is 6.21. The van der Waals surface area contributed by atoms with Gasteiger partial charge >= 0.3 is 0 Å². The van der Waals surface area contributed by atoms with Gasteiger partial charge in [-0.3, -0.25) is 9.78 Å². The first-order valence-electron chi connectivity index (χ1n) is 10.1. The Morgan fingerprint density at radius 2 is 2.22 bits per heavy atom. The molecule has 170 valence electrons. The van der Waals surface area contributed by atoms with E-state index in [9.17, 15) is 9.18 Å². The predicted molar refractivity (Wildman–Crippen MR) is 118 cm³/mol. The van der Waals surface area contributed by atoms with Crippen molar-refractivity contribution in [1.29, 1.82) is 0 Å². The van der Waals surface area contributed by atoms with Gasteiger partial charge in [-0.15, -0.1) is 0 Å². The second-order valence-electron chi connectivity index (χ2n) is 8.18. The second-order valence-corrected chi connectivity index (χ2v) is 8.61. The van der Waals surface area contributed by atoms with Crippen LogP contribution in [0.15, 0.2) is 34.9 Å². The van der Waals surface area contributed by atoms with E-state index >= 15 is 0 Å². The Morgan fingerprint density at radius 3 is 2.94 bits per heavy atom. The minimum absolute atomic E-state index is 0.143. The molecule has 1 aliphatic rings. The number of morpholine rings is 1. The molecule has 2 aromatic heterocycles. The number of nitrogens with one attached hydrogen (secondary N) is 1. The molecule has 32 heavy (non-hydrogen) atoms. The molecule has 0 saturated carbocycles. The Balaban J connectivity index is 1.61. The van der Waals surface area contributed by atoms with Crippen LogP contribution in [0, 0.1) is 0 Å². The van der Waals surface area contributed by atoms with Crippen LogP contribution in [0.1, 0.15) is 29.9 Å². The second kappa shape index (κ2) is 8.91. The van der Waals surface area contributed by atoms with Crippen molar-refractivity contribution in [1.82, 2.24) is 14.9 Å². The van der Waals surface area contributed by atoms with Crippen molar-refractivity contribution in [2.75, 3.05) is 32.3 Å². The molecule has 10 heteroatoms. The number of methoxy groups -OCH3 is 1. The van der Waals surface area contributed by atoms with E-state index in [4.69, 9.17) is 25.5 Å². The Labute approximate surface area is 189 Å². The van der Waals surface area contributed by atoms with E-state index in [1.807, 2.05) is 13.8 Å². The van der Waals surface area contributed by atoms with E-state index < -0.39 is 18.3 Å². The number of alkyl halides is 1. The van der Waals surface area contributed by atoms with Gasteiger partial charge in [0.1, 0.15) is 12.2 Å². The molecule has 4 rings (SSSR count). The maximum atomic E-state index is 13.6. The van der Waals surface area contributed by atoms with Gasteiger partial charge in [0.25, 0.3) is 11.9 Å². The van der Waals surface area contributed by atoms with Gasteiger partial charge in [-0.1, -0.05) is 11.6 Å². The first-order chi connectivity index (χ1) is 15.3. The Bertz CT molecular complexity index is 1140. The highest BCUT2D eigenvalue weighted by molar-refractivity contribution is 6.30. The molecule has 1 fully saturated rings. The number of benzene rings is 1. The molecule has 0 aliphatic carbocycles. The summed E-state index contributed by atoms with van der Waals surface area (Å²) in [6.07, 6.45) is 1.62. The number of rotatable bonds is 6. The zero-order valence-corrected chi connectivity index (χ0v) is 18.8. The average Bonchev–Trinajstić information content (AvgIpc) is 3.19. The fourth-order valence-electron chi connectivity index (χ4n) is 3.59. The fraction of sp³-hybridized carbons (Fsp3) is 0.409. The maximum Gasteiger partial charge on any atom is 0.296 e. The smallest absolute Gasteiger partial charge is 0.296 e. The molecule has 0 spiro atoms. The number of hydrogen-bond donors (Lipinski definition) is 1. The summed E-state index contributed by atoms with van der Waals surface area (Å²) >= 11 is 5.99. The summed E-state index contributed by atoms with van der Waals surface area (Å²) in [5.74, 6) is 0.0430. The van der Waals surface area contributed by atoms with Gasteiger partial charge in [0.2, 0.25) is 0 Å². The third kappa shape index (κ3) is 4.63. The SMILES string of the molecule is COc1cc(C(=O)N2CC(C)(C)OCC2CF)cc2nc(NCc3cc(Cl)ccn3)oc12. The predicted octanol–water partition coefficient (Wildman–Crippen LogP) is 4.09. The molecular formula is C22H24ClFN4O4. The van der Waals surface area contributed by atoms with Crippen LogP contribution in [0.4, 0.5) is 10.4 Å². The average molecular weight is 463 g/mol.